The van der Waals surface area contributed by atoms with Gasteiger partial charge in [-0.1, -0.05) is 0 Å². The largest absolute Gasteiger partial charge is 0.383 e. The summed E-state index contributed by atoms with van der Waals surface area (Å²) in [4.78, 5) is 22.7. The van der Waals surface area contributed by atoms with Crippen LogP contribution in [0.15, 0.2) is 30.5 Å². The van der Waals surface area contributed by atoms with Crippen molar-refractivity contribution in [1.82, 2.24) is 9.97 Å². The van der Waals surface area contributed by atoms with Gasteiger partial charge in [0.1, 0.15) is 5.82 Å². The summed E-state index contributed by atoms with van der Waals surface area (Å²) in [6.07, 6.45) is 5.96. The van der Waals surface area contributed by atoms with Gasteiger partial charge < -0.3 is 26.0 Å². The highest BCUT2D eigenvalue weighted by molar-refractivity contribution is 5.97. The Hall–Kier alpha value is -2.87. The molecule has 8 nitrogen and oxygen atoms in total. The van der Waals surface area contributed by atoms with Gasteiger partial charge in [0.25, 0.3) is 5.91 Å². The number of nitrogens with one attached hydrogen (secondary N) is 2. The summed E-state index contributed by atoms with van der Waals surface area (Å²) in [6, 6.07) is 9.01. The van der Waals surface area contributed by atoms with Gasteiger partial charge in [-0.15, -0.1) is 0 Å². The Morgan fingerprint density at radius 3 is 2.75 bits per heavy atom. The van der Waals surface area contributed by atoms with Crippen LogP contribution in [-0.4, -0.2) is 48.2 Å². The first kappa shape index (κ1) is 18.5. The van der Waals surface area contributed by atoms with E-state index in [0.717, 1.165) is 38.1 Å². The third-order valence-corrected chi connectivity index (χ3v) is 5.16. The molecule has 148 valence electrons. The number of rotatable bonds is 8. The lowest BCUT2D eigenvalue weighted by molar-refractivity contribution is 0.100. The molecule has 0 spiro atoms. The van der Waals surface area contributed by atoms with Crippen LogP contribution in [0.2, 0.25) is 0 Å². The number of nitrogens with zero attached hydrogens (tertiary/aromatic N) is 3. The second-order valence-electron chi connectivity index (χ2n) is 7.36. The fourth-order valence-corrected chi connectivity index (χ4v) is 3.56. The maximum absolute atomic E-state index is 11.6. The highest BCUT2D eigenvalue weighted by atomic mass is 16.5. The fourth-order valence-electron chi connectivity index (χ4n) is 3.56. The number of nitrogens with two attached hydrogens (primary N) is 1. The SMILES string of the molecule is COC[C@H]1CCCN1c1ccc(Nc2ncc(C(N)=O)c(NC3CC3)n2)cc1. The molecule has 1 saturated carbocycles. The Kier molecular flexibility index (Phi) is 5.29. The van der Waals surface area contributed by atoms with Gasteiger partial charge in [0.05, 0.1) is 18.2 Å². The number of carbonyl (C=O) groups excluding carboxylic acids is 1. The summed E-state index contributed by atoms with van der Waals surface area (Å²) in [7, 11) is 1.75. The highest BCUT2D eigenvalue weighted by Crippen LogP contribution is 2.29. The van der Waals surface area contributed by atoms with Crippen LogP contribution in [0.3, 0.4) is 0 Å². The molecule has 4 N–H and O–H groups in total. The van der Waals surface area contributed by atoms with E-state index >= 15 is 0 Å². The molecule has 0 radical (unpaired) electrons. The lowest BCUT2D eigenvalue weighted by Crippen LogP contribution is -2.32. The first-order valence-corrected chi connectivity index (χ1v) is 9.70. The monoisotopic (exact) mass is 382 g/mol. The molecule has 28 heavy (non-hydrogen) atoms. The molecule has 1 saturated heterocycles. The van der Waals surface area contributed by atoms with E-state index in [1.165, 1.54) is 18.3 Å². The summed E-state index contributed by atoms with van der Waals surface area (Å²) in [5, 5.41) is 6.45. The van der Waals surface area contributed by atoms with Crippen LogP contribution in [-0.2, 0) is 4.74 Å². The van der Waals surface area contributed by atoms with Crippen molar-refractivity contribution < 1.29 is 9.53 Å². The Balaban J connectivity index is 1.47. The number of anilines is 4. The van der Waals surface area contributed by atoms with E-state index in [0.29, 0.717) is 29.4 Å². The first-order valence-electron chi connectivity index (χ1n) is 9.70. The van der Waals surface area contributed by atoms with Crippen molar-refractivity contribution in [2.24, 2.45) is 5.73 Å². The van der Waals surface area contributed by atoms with Gasteiger partial charge in [-0.2, -0.15) is 4.98 Å². The molecule has 0 bridgehead atoms. The molecule has 2 aliphatic rings. The summed E-state index contributed by atoms with van der Waals surface area (Å²) in [6.45, 7) is 1.80. The average Bonchev–Trinajstić information content (AvgIpc) is 3.38. The summed E-state index contributed by atoms with van der Waals surface area (Å²) in [5.41, 5.74) is 7.81. The van der Waals surface area contributed by atoms with Gasteiger partial charge in [0.2, 0.25) is 5.95 Å². The van der Waals surface area contributed by atoms with Gasteiger partial charge in [-0.25, -0.2) is 4.98 Å². The van der Waals surface area contributed by atoms with Crippen LogP contribution < -0.4 is 21.3 Å². The molecular weight excluding hydrogens is 356 g/mol. The smallest absolute Gasteiger partial charge is 0.254 e. The van der Waals surface area contributed by atoms with Crippen LogP contribution in [0.1, 0.15) is 36.0 Å². The second kappa shape index (κ2) is 8.02. The summed E-state index contributed by atoms with van der Waals surface area (Å²) in [5.74, 6) is 0.387. The van der Waals surface area contributed by atoms with Crippen molar-refractivity contribution in [3.05, 3.63) is 36.0 Å². The lowest BCUT2D eigenvalue weighted by Gasteiger charge is -2.26. The number of amides is 1. The molecule has 1 aliphatic carbocycles. The molecule has 1 aromatic carbocycles. The van der Waals surface area contributed by atoms with E-state index in [2.05, 4.69) is 37.6 Å². The van der Waals surface area contributed by atoms with Crippen molar-refractivity contribution in [2.45, 2.75) is 37.8 Å². The first-order chi connectivity index (χ1) is 13.6. The zero-order chi connectivity index (χ0) is 19.5. The number of carbonyl (C=O) groups is 1. The van der Waals surface area contributed by atoms with Gasteiger partial charge >= 0.3 is 0 Å². The highest BCUT2D eigenvalue weighted by Gasteiger charge is 2.25. The zero-order valence-electron chi connectivity index (χ0n) is 16.0. The van der Waals surface area contributed by atoms with Crippen molar-refractivity contribution in [3.63, 3.8) is 0 Å². The number of ether oxygens (including phenoxy) is 1. The molecule has 8 heteroatoms. The number of hydrogen-bond donors (Lipinski definition) is 3. The topological polar surface area (TPSA) is 105 Å². The summed E-state index contributed by atoms with van der Waals surface area (Å²) < 4.78 is 5.34. The maximum Gasteiger partial charge on any atom is 0.254 e. The van der Waals surface area contributed by atoms with Crippen LogP contribution >= 0.6 is 0 Å². The zero-order valence-corrected chi connectivity index (χ0v) is 16.0. The Morgan fingerprint density at radius 1 is 1.29 bits per heavy atom. The molecule has 2 aromatic rings. The third kappa shape index (κ3) is 4.17. The normalized spacial score (nSPS) is 18.9. The van der Waals surface area contributed by atoms with Crippen molar-refractivity contribution >= 4 is 29.0 Å². The number of aromatic nitrogens is 2. The lowest BCUT2D eigenvalue weighted by atomic mass is 10.2. The minimum atomic E-state index is -0.532. The quantitative estimate of drug-likeness (QED) is 0.644. The predicted molar refractivity (Wildman–Crippen MR) is 109 cm³/mol. The molecule has 0 unspecified atom stereocenters. The van der Waals surface area contributed by atoms with Crippen LogP contribution in [0.5, 0.6) is 0 Å². The average molecular weight is 382 g/mol. The fraction of sp³-hybridized carbons (Fsp3) is 0.450. The van der Waals surface area contributed by atoms with Crippen LogP contribution in [0.4, 0.5) is 23.1 Å². The standard InChI is InChI=1S/C20H26N6O2/c1-28-12-16-3-2-10-26(16)15-8-6-14(7-9-15)24-20-22-11-17(18(21)27)19(25-20)23-13-4-5-13/h6-9,11,13,16H,2-5,10,12H2,1H3,(H2,21,27)(H2,22,23,24,25)/t16-/m1/s1. The minimum Gasteiger partial charge on any atom is -0.383 e. The van der Waals surface area contributed by atoms with Crippen LogP contribution in [0, 0.1) is 0 Å². The third-order valence-electron chi connectivity index (χ3n) is 5.16. The number of benzene rings is 1. The van der Waals surface area contributed by atoms with E-state index in [1.54, 1.807) is 7.11 Å². The number of hydrogen-bond acceptors (Lipinski definition) is 7. The molecule has 1 atom stereocenters. The van der Waals surface area contributed by atoms with Gasteiger partial charge in [0, 0.05) is 37.3 Å². The second-order valence-corrected chi connectivity index (χ2v) is 7.36. The molecule has 1 aliphatic heterocycles. The van der Waals surface area contributed by atoms with Crippen molar-refractivity contribution in [1.29, 1.82) is 0 Å². The number of primary amides is 1. The molecular formula is C20H26N6O2. The Bertz CT molecular complexity index is 837. The van der Waals surface area contributed by atoms with E-state index in [-0.39, 0.29) is 0 Å². The van der Waals surface area contributed by atoms with Gasteiger partial charge in [-0.3, -0.25) is 4.79 Å². The maximum atomic E-state index is 11.6. The molecule has 2 heterocycles. The van der Waals surface area contributed by atoms with Crippen molar-refractivity contribution in [3.8, 4) is 0 Å². The van der Waals surface area contributed by atoms with Crippen LogP contribution in [0.25, 0.3) is 0 Å². The predicted octanol–water partition coefficient (Wildman–Crippen LogP) is 2.51. The minimum absolute atomic E-state index is 0.311. The molecule has 1 aromatic heterocycles. The molecule has 4 rings (SSSR count). The molecule has 1 amide bonds. The van der Waals surface area contributed by atoms with Gasteiger partial charge in [-0.05, 0) is 49.9 Å². The van der Waals surface area contributed by atoms with Crippen molar-refractivity contribution in [2.75, 3.05) is 35.8 Å². The van der Waals surface area contributed by atoms with E-state index in [1.807, 2.05) is 12.1 Å². The van der Waals surface area contributed by atoms with E-state index in [9.17, 15) is 4.79 Å². The van der Waals surface area contributed by atoms with Gasteiger partial charge in [0.15, 0.2) is 0 Å². The van der Waals surface area contributed by atoms with E-state index < -0.39 is 5.91 Å². The number of methoxy groups -OCH3 is 1. The molecule has 2 fully saturated rings. The Morgan fingerprint density at radius 2 is 2.07 bits per heavy atom. The van der Waals surface area contributed by atoms with E-state index in [4.69, 9.17) is 10.5 Å². The summed E-state index contributed by atoms with van der Waals surface area (Å²) >= 11 is 0. The Labute approximate surface area is 164 Å².